The minimum atomic E-state index is -1.15. The van der Waals surface area contributed by atoms with Crippen LogP contribution in [0.3, 0.4) is 0 Å². The molecule has 0 N–H and O–H groups in total. The Hall–Kier alpha value is -0.0600. The van der Waals surface area contributed by atoms with Gasteiger partial charge in [-0.1, -0.05) is 24.7 Å². The number of nitrogens with zero attached hydrogens (tertiary/aromatic N) is 2. The molecule has 3 unspecified atom stereocenters. The lowest BCUT2D eigenvalue weighted by Gasteiger charge is -2.24. The second kappa shape index (κ2) is 7.39. The molecule has 0 saturated heterocycles. The van der Waals surface area contributed by atoms with E-state index in [1.165, 1.54) is 6.42 Å². The van der Waals surface area contributed by atoms with Crippen LogP contribution in [0.5, 0.6) is 0 Å². The lowest BCUT2D eigenvalue weighted by atomic mass is 10.1. The Morgan fingerprint density at radius 1 is 1.35 bits per heavy atom. The van der Waals surface area contributed by atoms with Gasteiger partial charge < -0.3 is 4.55 Å². The average molecular weight is 260 g/mol. The van der Waals surface area contributed by atoms with Crippen molar-refractivity contribution in [3.63, 3.8) is 0 Å². The summed E-state index contributed by atoms with van der Waals surface area (Å²) in [4.78, 5) is 2.25. The number of rotatable bonds is 6. The molecule has 0 rings (SSSR count). The number of hydrogen-bond donors (Lipinski definition) is 0. The molecule has 0 saturated carbocycles. The van der Waals surface area contributed by atoms with Crippen molar-refractivity contribution < 1.29 is 4.55 Å². The highest BCUT2D eigenvalue weighted by atomic mass is 32.2. The minimum Gasteiger partial charge on any atom is -0.591 e. The summed E-state index contributed by atoms with van der Waals surface area (Å²) < 4.78 is 15.6. The second-order valence-corrected chi connectivity index (χ2v) is 7.74. The minimum absolute atomic E-state index is 0.232. The van der Waals surface area contributed by atoms with E-state index in [9.17, 15) is 4.55 Å². The summed E-state index contributed by atoms with van der Waals surface area (Å²) in [6.45, 7) is 13.4. The summed E-state index contributed by atoms with van der Waals surface area (Å²) >= 11 is -1.15. The first-order chi connectivity index (χ1) is 7.68. The summed E-state index contributed by atoms with van der Waals surface area (Å²) in [5.74, 6) is 0.684. The Labute approximate surface area is 110 Å². The van der Waals surface area contributed by atoms with Crippen molar-refractivity contribution in [1.29, 1.82) is 0 Å². The van der Waals surface area contributed by atoms with Crippen LogP contribution in [-0.4, -0.2) is 40.0 Å². The third kappa shape index (κ3) is 7.06. The van der Waals surface area contributed by atoms with Crippen molar-refractivity contribution in [2.75, 3.05) is 13.6 Å². The molecule has 3 atom stereocenters. The highest BCUT2D eigenvalue weighted by Crippen LogP contribution is 2.16. The van der Waals surface area contributed by atoms with Crippen molar-refractivity contribution >= 4 is 17.6 Å². The molecule has 0 aliphatic rings. The van der Waals surface area contributed by atoms with E-state index in [0.29, 0.717) is 5.92 Å². The van der Waals surface area contributed by atoms with Crippen LogP contribution in [0.25, 0.3) is 0 Å². The molecule has 3 nitrogen and oxygen atoms in total. The SMILES string of the molecule is CCC(C)CN(C)C(C)/C=N/[S+]([O-])C(C)(C)C. The fraction of sp³-hybridized carbons (Fsp3) is 0.923. The standard InChI is InChI=1S/C13H28N2OS/c1-8-11(2)10-15(7)12(3)9-14-17(16)13(4,5)6/h9,11-12H,8,10H2,1-7H3/b14-9+. The molecule has 0 heterocycles. The van der Waals surface area contributed by atoms with Gasteiger partial charge in [-0.2, -0.15) is 0 Å². The van der Waals surface area contributed by atoms with Crippen molar-refractivity contribution in [2.45, 2.75) is 58.8 Å². The second-order valence-electron chi connectivity index (χ2n) is 5.81. The highest BCUT2D eigenvalue weighted by Gasteiger charge is 2.26. The Morgan fingerprint density at radius 3 is 2.29 bits per heavy atom. The lowest BCUT2D eigenvalue weighted by Crippen LogP contribution is -2.35. The number of hydrogen-bond acceptors (Lipinski definition) is 3. The molecule has 0 bridgehead atoms. The van der Waals surface area contributed by atoms with Gasteiger partial charge in [0.1, 0.15) is 16.1 Å². The molecular weight excluding hydrogens is 232 g/mol. The van der Waals surface area contributed by atoms with Gasteiger partial charge >= 0.3 is 0 Å². The van der Waals surface area contributed by atoms with Crippen LogP contribution >= 0.6 is 0 Å². The van der Waals surface area contributed by atoms with E-state index in [4.69, 9.17) is 0 Å². The van der Waals surface area contributed by atoms with Crippen LogP contribution in [0.4, 0.5) is 0 Å². The summed E-state index contributed by atoms with van der Waals surface area (Å²) in [5, 5.41) is 0. The molecule has 0 aliphatic heterocycles. The van der Waals surface area contributed by atoms with Crippen LogP contribution in [0.15, 0.2) is 4.40 Å². The Balaban J connectivity index is 4.24. The van der Waals surface area contributed by atoms with E-state index in [-0.39, 0.29) is 10.8 Å². The third-order valence-electron chi connectivity index (χ3n) is 2.89. The quantitative estimate of drug-likeness (QED) is 0.544. The molecule has 0 radical (unpaired) electrons. The van der Waals surface area contributed by atoms with Crippen molar-refractivity contribution in [3.05, 3.63) is 0 Å². The molecule has 17 heavy (non-hydrogen) atoms. The monoisotopic (exact) mass is 260 g/mol. The third-order valence-corrected chi connectivity index (χ3v) is 4.25. The Morgan fingerprint density at radius 2 is 1.88 bits per heavy atom. The van der Waals surface area contributed by atoms with Crippen LogP contribution in [0.1, 0.15) is 48.0 Å². The molecule has 0 aromatic rings. The lowest BCUT2D eigenvalue weighted by molar-refractivity contribution is 0.267. The highest BCUT2D eigenvalue weighted by molar-refractivity contribution is 7.91. The maximum absolute atomic E-state index is 11.8. The molecular formula is C13H28N2OS. The molecule has 102 valence electrons. The molecule has 0 aliphatic carbocycles. The maximum Gasteiger partial charge on any atom is 0.144 e. The van der Waals surface area contributed by atoms with E-state index in [2.05, 4.69) is 37.1 Å². The molecule has 0 aromatic carbocycles. The van der Waals surface area contributed by atoms with Gasteiger partial charge in [0.05, 0.1) is 6.21 Å². The van der Waals surface area contributed by atoms with Crippen molar-refractivity contribution in [1.82, 2.24) is 4.90 Å². The molecule has 0 spiro atoms. The zero-order chi connectivity index (χ0) is 13.6. The first kappa shape index (κ1) is 16.9. The predicted octanol–water partition coefficient (Wildman–Crippen LogP) is 2.89. The summed E-state index contributed by atoms with van der Waals surface area (Å²) in [5.41, 5.74) is 0. The van der Waals surface area contributed by atoms with Gasteiger partial charge in [0.2, 0.25) is 0 Å². The fourth-order valence-electron chi connectivity index (χ4n) is 1.20. The summed E-state index contributed by atoms with van der Waals surface area (Å²) in [6, 6.07) is 0.232. The van der Waals surface area contributed by atoms with Crippen LogP contribution in [0.2, 0.25) is 0 Å². The van der Waals surface area contributed by atoms with Crippen LogP contribution in [-0.2, 0) is 11.4 Å². The van der Waals surface area contributed by atoms with E-state index in [0.717, 1.165) is 6.54 Å². The van der Waals surface area contributed by atoms with E-state index < -0.39 is 11.4 Å². The van der Waals surface area contributed by atoms with Gasteiger partial charge in [-0.05, 0) is 40.7 Å². The Bertz CT molecular complexity index is 238. The van der Waals surface area contributed by atoms with E-state index >= 15 is 0 Å². The molecule has 0 fully saturated rings. The van der Waals surface area contributed by atoms with Crippen molar-refractivity contribution in [3.8, 4) is 0 Å². The maximum atomic E-state index is 11.8. The predicted molar refractivity (Wildman–Crippen MR) is 77.9 cm³/mol. The van der Waals surface area contributed by atoms with Crippen LogP contribution < -0.4 is 0 Å². The van der Waals surface area contributed by atoms with E-state index in [1.54, 1.807) is 0 Å². The van der Waals surface area contributed by atoms with Gasteiger partial charge in [-0.3, -0.25) is 4.90 Å². The topological polar surface area (TPSA) is 38.7 Å². The van der Waals surface area contributed by atoms with Gasteiger partial charge in [0.25, 0.3) is 0 Å². The molecule has 4 heteroatoms. The summed E-state index contributed by atoms with van der Waals surface area (Å²) in [6.07, 6.45) is 2.99. The van der Waals surface area contributed by atoms with Gasteiger partial charge in [0, 0.05) is 12.6 Å². The first-order valence-corrected chi connectivity index (χ1v) is 7.45. The first-order valence-electron chi connectivity index (χ1n) is 6.34. The fourth-order valence-corrected chi connectivity index (χ4v) is 1.81. The zero-order valence-corrected chi connectivity index (χ0v) is 13.2. The van der Waals surface area contributed by atoms with Gasteiger partial charge in [-0.25, -0.2) is 0 Å². The largest absolute Gasteiger partial charge is 0.591 e. The smallest absolute Gasteiger partial charge is 0.144 e. The normalized spacial score (nSPS) is 18.6. The zero-order valence-electron chi connectivity index (χ0n) is 12.4. The van der Waals surface area contributed by atoms with Gasteiger partial charge in [0.15, 0.2) is 0 Å². The van der Waals surface area contributed by atoms with Gasteiger partial charge in [-0.15, -0.1) is 0 Å². The Kier molecular flexibility index (Phi) is 7.37. The van der Waals surface area contributed by atoms with E-state index in [1.807, 2.05) is 27.0 Å². The molecule has 0 amide bonds. The van der Waals surface area contributed by atoms with Crippen LogP contribution in [0, 0.1) is 5.92 Å². The summed E-state index contributed by atoms with van der Waals surface area (Å²) in [7, 11) is 2.09. The van der Waals surface area contributed by atoms with Crippen molar-refractivity contribution in [2.24, 2.45) is 10.3 Å². The average Bonchev–Trinajstić information content (AvgIpc) is 2.23. The molecule has 0 aromatic heterocycles.